The lowest BCUT2D eigenvalue weighted by Crippen LogP contribution is -2.09. The van der Waals surface area contributed by atoms with Crippen molar-refractivity contribution in [3.8, 4) is 28.6 Å². The molecule has 2 aromatic heterocycles. The molecule has 0 saturated heterocycles. The number of rotatable bonds is 3. The Morgan fingerprint density at radius 2 is 0.907 bits per heavy atom. The number of hydrogen-bond acceptors (Lipinski definition) is 1. The monoisotopic (exact) mass is 741 g/mol. The highest BCUT2D eigenvalue weighted by Crippen LogP contribution is 2.45. The van der Waals surface area contributed by atoms with Crippen molar-refractivity contribution in [1.29, 1.82) is 5.26 Å². The third-order valence-corrected chi connectivity index (χ3v) is 9.73. The van der Waals surface area contributed by atoms with Crippen LogP contribution < -0.4 is 0 Å². The molecule has 8 rings (SSSR count). The van der Waals surface area contributed by atoms with Gasteiger partial charge in [-0.15, -0.1) is 0 Å². The Hall–Kier alpha value is -6.22. The van der Waals surface area contributed by atoms with Crippen LogP contribution in [0.1, 0.15) is 33.4 Å². The summed E-state index contributed by atoms with van der Waals surface area (Å²) < 4.78 is 131. The molecule has 0 fully saturated rings. The van der Waals surface area contributed by atoms with Gasteiger partial charge in [0, 0.05) is 27.1 Å². The first kappa shape index (κ1) is 34.8. The van der Waals surface area contributed by atoms with Gasteiger partial charge in [0.25, 0.3) is 0 Å². The van der Waals surface area contributed by atoms with E-state index in [0.717, 1.165) is 64.4 Å². The summed E-state index contributed by atoms with van der Waals surface area (Å²) >= 11 is 0. The molecule has 54 heavy (non-hydrogen) atoms. The van der Waals surface area contributed by atoms with Gasteiger partial charge in [0.05, 0.1) is 55.7 Å². The zero-order valence-electron chi connectivity index (χ0n) is 28.1. The molecule has 0 unspecified atom stereocenters. The molecule has 0 atom stereocenters. The Labute approximate surface area is 300 Å². The summed E-state index contributed by atoms with van der Waals surface area (Å²) in [4.78, 5) is 0. The van der Waals surface area contributed by atoms with Crippen LogP contribution in [-0.2, 0) is 18.5 Å². The van der Waals surface area contributed by atoms with E-state index in [4.69, 9.17) is 0 Å². The lowest BCUT2D eigenvalue weighted by Gasteiger charge is -2.21. The van der Waals surface area contributed by atoms with E-state index in [9.17, 15) is 44.8 Å². The molecule has 0 spiro atoms. The van der Waals surface area contributed by atoms with Crippen LogP contribution in [0.4, 0.5) is 39.5 Å². The molecule has 0 aliphatic carbocycles. The first-order valence-electron chi connectivity index (χ1n) is 16.5. The van der Waals surface area contributed by atoms with Gasteiger partial charge in [-0.1, -0.05) is 41.5 Å². The largest absolute Gasteiger partial charge is 0.417 e. The Bertz CT molecular complexity index is 2750. The fraction of sp³-hybridized carbons (Fsp3) is 0.119. The van der Waals surface area contributed by atoms with Crippen LogP contribution in [0.5, 0.6) is 0 Å². The molecule has 0 saturated carbocycles. The van der Waals surface area contributed by atoms with Crippen molar-refractivity contribution < 1.29 is 39.5 Å². The van der Waals surface area contributed by atoms with Gasteiger partial charge in [0.15, 0.2) is 0 Å². The third-order valence-electron chi connectivity index (χ3n) is 9.73. The minimum Gasteiger partial charge on any atom is -0.309 e. The van der Waals surface area contributed by atoms with Crippen molar-refractivity contribution in [2.24, 2.45) is 0 Å². The predicted molar refractivity (Wildman–Crippen MR) is 190 cm³/mol. The minimum atomic E-state index is -4.84. The zero-order chi connectivity index (χ0) is 38.5. The van der Waals surface area contributed by atoms with Gasteiger partial charge in [-0.05, 0) is 98.3 Å². The molecule has 270 valence electrons. The number of nitrogens with zero attached hydrogens (tertiary/aromatic N) is 3. The summed E-state index contributed by atoms with van der Waals surface area (Å²) in [7, 11) is 0. The number of alkyl halides is 9. The molecule has 0 radical (unpaired) electrons. The quantitative estimate of drug-likeness (QED) is 0.166. The Kier molecular flexibility index (Phi) is 7.68. The van der Waals surface area contributed by atoms with E-state index in [1.165, 1.54) is 34.9 Å². The van der Waals surface area contributed by atoms with E-state index in [-0.39, 0.29) is 49.9 Å². The maximum atomic E-state index is 14.8. The Balaban J connectivity index is 1.54. The van der Waals surface area contributed by atoms with E-state index in [1.54, 1.807) is 4.57 Å². The van der Waals surface area contributed by atoms with Gasteiger partial charge in [0.2, 0.25) is 0 Å². The molecule has 6 aromatic carbocycles. The van der Waals surface area contributed by atoms with Gasteiger partial charge >= 0.3 is 18.5 Å². The van der Waals surface area contributed by atoms with Crippen molar-refractivity contribution in [3.05, 3.63) is 143 Å². The highest BCUT2D eigenvalue weighted by atomic mass is 19.4. The van der Waals surface area contributed by atoms with Crippen LogP contribution >= 0.6 is 0 Å². The van der Waals surface area contributed by atoms with Crippen molar-refractivity contribution in [3.63, 3.8) is 0 Å². The van der Waals surface area contributed by atoms with Gasteiger partial charge in [0.1, 0.15) is 6.07 Å². The predicted octanol–water partition coefficient (Wildman–Crippen LogP) is 13.1. The average molecular weight is 742 g/mol. The molecule has 0 N–H and O–H groups in total. The number of hydrogen-bond donors (Lipinski definition) is 0. The average Bonchev–Trinajstić information content (AvgIpc) is 3.61. The van der Waals surface area contributed by atoms with Crippen molar-refractivity contribution in [2.45, 2.75) is 32.4 Å². The van der Waals surface area contributed by atoms with Crippen LogP contribution in [0.25, 0.3) is 66.1 Å². The maximum Gasteiger partial charge on any atom is 0.417 e. The first-order chi connectivity index (χ1) is 25.5. The number of aryl methyl sites for hydroxylation is 2. The molecule has 3 nitrogen and oxygen atoms in total. The normalized spacial score (nSPS) is 12.7. The fourth-order valence-electron chi connectivity index (χ4n) is 7.36. The fourth-order valence-corrected chi connectivity index (χ4v) is 7.36. The standard InChI is InChI=1S/C42H24F9N3/c1-22-7-11-34-28(15-22)29-16-23(2)8-12-35(29)54(34)39-17-24(21-52)38(20-32(39)27-5-3-4-6-33(27)42(49,50)51)53-36-13-9-25(40(43,44)45)18-30(36)31-19-26(41(46,47)48)10-14-37(31)53/h3-20H,1-2H3. The summed E-state index contributed by atoms with van der Waals surface area (Å²) in [6.45, 7) is 3.82. The van der Waals surface area contributed by atoms with Crippen LogP contribution in [-0.4, -0.2) is 9.13 Å². The highest BCUT2D eigenvalue weighted by Gasteiger charge is 2.36. The molecule has 8 aromatic rings. The van der Waals surface area contributed by atoms with Crippen LogP contribution in [0.3, 0.4) is 0 Å². The van der Waals surface area contributed by atoms with E-state index in [0.29, 0.717) is 11.0 Å². The second-order valence-electron chi connectivity index (χ2n) is 13.2. The second kappa shape index (κ2) is 11.9. The molecule has 0 amide bonds. The minimum absolute atomic E-state index is 0.0134. The van der Waals surface area contributed by atoms with Crippen LogP contribution in [0.15, 0.2) is 109 Å². The van der Waals surface area contributed by atoms with E-state index >= 15 is 0 Å². The summed E-state index contributed by atoms with van der Waals surface area (Å²) in [5.41, 5.74) is -0.187. The second-order valence-corrected chi connectivity index (χ2v) is 13.2. The molecular formula is C42H24F9N3. The van der Waals surface area contributed by atoms with E-state index in [1.807, 2.05) is 50.2 Å². The van der Waals surface area contributed by atoms with E-state index < -0.39 is 35.2 Å². The lowest BCUT2D eigenvalue weighted by molar-refractivity contribution is -0.138. The number of aromatic nitrogens is 2. The lowest BCUT2D eigenvalue weighted by atomic mass is 9.95. The summed E-state index contributed by atoms with van der Waals surface area (Å²) in [6, 6.07) is 26.2. The van der Waals surface area contributed by atoms with Gasteiger partial charge in [-0.3, -0.25) is 0 Å². The highest BCUT2D eigenvalue weighted by molar-refractivity contribution is 6.12. The summed E-state index contributed by atoms with van der Waals surface area (Å²) in [5, 5.41) is 11.9. The number of benzene rings is 6. The molecule has 2 heterocycles. The smallest absolute Gasteiger partial charge is 0.309 e. The van der Waals surface area contributed by atoms with Crippen molar-refractivity contribution in [1.82, 2.24) is 9.13 Å². The van der Waals surface area contributed by atoms with Crippen molar-refractivity contribution >= 4 is 43.6 Å². The Morgan fingerprint density at radius 1 is 0.463 bits per heavy atom. The SMILES string of the molecule is Cc1ccc2c(c1)c1cc(C)ccc1n2-c1cc(C#N)c(-n2c3ccc(C(F)(F)F)cc3c3cc(C(F)(F)F)ccc32)cc1-c1ccccc1C(F)(F)F. The molecule has 0 aliphatic heterocycles. The third kappa shape index (κ3) is 5.54. The van der Waals surface area contributed by atoms with Gasteiger partial charge < -0.3 is 9.13 Å². The van der Waals surface area contributed by atoms with Crippen LogP contribution in [0, 0.1) is 25.2 Å². The van der Waals surface area contributed by atoms with Crippen molar-refractivity contribution in [2.75, 3.05) is 0 Å². The van der Waals surface area contributed by atoms with Gasteiger partial charge in [-0.2, -0.15) is 44.8 Å². The molecule has 12 heteroatoms. The molecule has 0 aliphatic rings. The molecule has 0 bridgehead atoms. The topological polar surface area (TPSA) is 33.6 Å². The van der Waals surface area contributed by atoms with E-state index in [2.05, 4.69) is 6.07 Å². The Morgan fingerprint density at radius 3 is 1.37 bits per heavy atom. The number of fused-ring (bicyclic) bond motifs is 6. The maximum absolute atomic E-state index is 14.8. The summed E-state index contributed by atoms with van der Waals surface area (Å²) in [5.74, 6) is 0. The number of halogens is 9. The van der Waals surface area contributed by atoms with Crippen LogP contribution in [0.2, 0.25) is 0 Å². The molecular weight excluding hydrogens is 717 g/mol. The summed E-state index contributed by atoms with van der Waals surface area (Å²) in [6.07, 6.45) is -14.5. The zero-order valence-corrected chi connectivity index (χ0v) is 28.1. The number of nitriles is 1. The van der Waals surface area contributed by atoms with Gasteiger partial charge in [-0.25, -0.2) is 0 Å². The first-order valence-corrected chi connectivity index (χ1v) is 16.5.